The van der Waals surface area contributed by atoms with Crippen LogP contribution in [0, 0.1) is 11.8 Å². The number of carbonyl (C=O) groups excluding carboxylic acids is 2. The third-order valence-electron chi connectivity index (χ3n) is 5.80. The number of aromatic nitrogens is 1. The summed E-state index contributed by atoms with van der Waals surface area (Å²) >= 11 is 0. The number of rotatable bonds is 13. The van der Waals surface area contributed by atoms with Gasteiger partial charge < -0.3 is 19.7 Å². The Balaban J connectivity index is 1.54. The molecule has 1 aromatic heterocycles. The van der Waals surface area contributed by atoms with Crippen LogP contribution in [0.3, 0.4) is 0 Å². The lowest BCUT2D eigenvalue weighted by atomic mass is 10.0. The lowest BCUT2D eigenvalue weighted by Crippen LogP contribution is -2.29. The highest BCUT2D eigenvalue weighted by Gasteiger charge is 2.25. The van der Waals surface area contributed by atoms with Crippen molar-refractivity contribution < 1.29 is 23.5 Å². The molecule has 1 saturated carbocycles. The van der Waals surface area contributed by atoms with Crippen LogP contribution < -0.4 is 15.0 Å². The van der Waals surface area contributed by atoms with E-state index in [1.54, 1.807) is 6.07 Å². The number of pyridine rings is 1. The van der Waals surface area contributed by atoms with Crippen LogP contribution in [-0.2, 0) is 9.53 Å². The predicted molar refractivity (Wildman–Crippen MR) is 116 cm³/mol. The minimum absolute atomic E-state index is 0.0924. The van der Waals surface area contributed by atoms with Crippen molar-refractivity contribution in [3.8, 4) is 5.88 Å². The maximum absolute atomic E-state index is 12.6. The Labute approximate surface area is 183 Å². The van der Waals surface area contributed by atoms with Crippen molar-refractivity contribution in [3.63, 3.8) is 0 Å². The number of hydrogen-bond donors (Lipinski definition) is 1. The minimum atomic E-state index is -0.504. The smallest absolute Gasteiger partial charge is 0.308 e. The SMILES string of the molecule is CCC(CCNC(=O)c1ccc(N2CCCC2)c(OCC2CC2)n1)C(=O)OCCCF. The number of alkyl halides is 1. The highest BCUT2D eigenvalue weighted by Crippen LogP contribution is 2.33. The Hall–Kier alpha value is -2.38. The second-order valence-corrected chi connectivity index (χ2v) is 8.33. The number of carbonyl (C=O) groups is 2. The summed E-state index contributed by atoms with van der Waals surface area (Å²) in [7, 11) is 0. The lowest BCUT2D eigenvalue weighted by Gasteiger charge is -2.21. The normalized spacial score (nSPS) is 16.8. The molecule has 2 fully saturated rings. The third-order valence-corrected chi connectivity index (χ3v) is 5.80. The van der Waals surface area contributed by atoms with Crippen LogP contribution >= 0.6 is 0 Å². The van der Waals surface area contributed by atoms with Gasteiger partial charge in [0, 0.05) is 26.1 Å². The van der Waals surface area contributed by atoms with E-state index in [-0.39, 0.29) is 30.8 Å². The van der Waals surface area contributed by atoms with Gasteiger partial charge in [-0.05, 0) is 56.6 Å². The summed E-state index contributed by atoms with van der Waals surface area (Å²) in [6.07, 6.45) is 5.96. The van der Waals surface area contributed by atoms with E-state index in [9.17, 15) is 14.0 Å². The molecule has 0 radical (unpaired) electrons. The third kappa shape index (κ3) is 7.08. The van der Waals surface area contributed by atoms with E-state index in [2.05, 4.69) is 15.2 Å². The quantitative estimate of drug-likeness (QED) is 0.377. The summed E-state index contributed by atoms with van der Waals surface area (Å²) in [5, 5.41) is 2.84. The van der Waals surface area contributed by atoms with E-state index >= 15 is 0 Å². The molecule has 1 atom stereocenters. The van der Waals surface area contributed by atoms with E-state index in [0.29, 0.717) is 43.5 Å². The number of nitrogens with zero attached hydrogens (tertiary/aromatic N) is 2. The molecule has 0 aromatic carbocycles. The average Bonchev–Trinajstić information content (AvgIpc) is 3.46. The van der Waals surface area contributed by atoms with Crippen LogP contribution in [0.25, 0.3) is 0 Å². The van der Waals surface area contributed by atoms with Crippen molar-refractivity contribution in [1.82, 2.24) is 10.3 Å². The maximum Gasteiger partial charge on any atom is 0.308 e. The molecule has 0 spiro atoms. The number of hydrogen-bond acceptors (Lipinski definition) is 6. The number of amides is 1. The van der Waals surface area contributed by atoms with E-state index in [0.717, 1.165) is 31.6 Å². The van der Waals surface area contributed by atoms with Gasteiger partial charge in [0.05, 0.1) is 31.5 Å². The number of anilines is 1. The molecule has 2 heterocycles. The molecule has 1 aliphatic heterocycles. The Kier molecular flexibility index (Phi) is 8.91. The molecule has 1 saturated heterocycles. The molecule has 0 bridgehead atoms. The second kappa shape index (κ2) is 11.9. The first-order valence-corrected chi connectivity index (χ1v) is 11.5. The Bertz CT molecular complexity index is 736. The molecule has 31 heavy (non-hydrogen) atoms. The summed E-state index contributed by atoms with van der Waals surface area (Å²) < 4.78 is 23.2. The molecule has 1 aliphatic carbocycles. The van der Waals surface area contributed by atoms with Crippen LogP contribution in [0.15, 0.2) is 12.1 Å². The first-order chi connectivity index (χ1) is 15.1. The first-order valence-electron chi connectivity index (χ1n) is 11.5. The van der Waals surface area contributed by atoms with Crippen molar-refractivity contribution in [2.45, 2.75) is 51.9 Å². The highest BCUT2D eigenvalue weighted by molar-refractivity contribution is 5.92. The van der Waals surface area contributed by atoms with E-state index < -0.39 is 6.67 Å². The largest absolute Gasteiger partial charge is 0.476 e. The van der Waals surface area contributed by atoms with Gasteiger partial charge in [0.2, 0.25) is 5.88 Å². The van der Waals surface area contributed by atoms with Gasteiger partial charge in [-0.3, -0.25) is 14.0 Å². The molecule has 8 heteroatoms. The molecule has 2 aliphatic rings. The fourth-order valence-corrected chi connectivity index (χ4v) is 3.63. The molecule has 1 N–H and O–H groups in total. The fourth-order valence-electron chi connectivity index (χ4n) is 3.63. The first kappa shape index (κ1) is 23.3. The van der Waals surface area contributed by atoms with Gasteiger partial charge in [0.1, 0.15) is 5.69 Å². The number of halogens is 1. The van der Waals surface area contributed by atoms with Gasteiger partial charge in [-0.2, -0.15) is 0 Å². The average molecular weight is 436 g/mol. The molecule has 3 rings (SSSR count). The monoisotopic (exact) mass is 435 g/mol. The fraction of sp³-hybridized carbons (Fsp3) is 0.696. The van der Waals surface area contributed by atoms with Crippen LogP contribution in [0.1, 0.15) is 62.4 Å². The van der Waals surface area contributed by atoms with Crippen molar-refractivity contribution in [3.05, 3.63) is 17.8 Å². The van der Waals surface area contributed by atoms with Gasteiger partial charge in [-0.15, -0.1) is 0 Å². The molecule has 172 valence electrons. The highest BCUT2D eigenvalue weighted by atomic mass is 19.1. The van der Waals surface area contributed by atoms with Gasteiger partial charge >= 0.3 is 5.97 Å². The standard InChI is InChI=1S/C23H34FN3O4/c1-2-18(23(29)30-15-5-11-24)10-12-25-21(28)19-8-9-20(27-13-3-4-14-27)22(26-19)31-16-17-6-7-17/h8-9,17-18H,2-7,10-16H2,1H3,(H,25,28). The zero-order valence-corrected chi connectivity index (χ0v) is 18.4. The Morgan fingerprint density at radius 2 is 2.06 bits per heavy atom. The van der Waals surface area contributed by atoms with Crippen LogP contribution in [-0.4, -0.2) is 56.4 Å². The van der Waals surface area contributed by atoms with Crippen LogP contribution in [0.5, 0.6) is 5.88 Å². The Morgan fingerprint density at radius 1 is 1.29 bits per heavy atom. The summed E-state index contributed by atoms with van der Waals surface area (Å²) in [6, 6.07) is 3.65. The summed E-state index contributed by atoms with van der Waals surface area (Å²) in [5.41, 5.74) is 1.27. The Morgan fingerprint density at radius 3 is 2.74 bits per heavy atom. The molecule has 7 nitrogen and oxygen atoms in total. The molecule has 1 unspecified atom stereocenters. The molecular weight excluding hydrogens is 401 g/mol. The van der Waals surface area contributed by atoms with E-state index in [1.165, 1.54) is 12.8 Å². The summed E-state index contributed by atoms with van der Waals surface area (Å²) in [4.78, 5) is 31.5. The summed E-state index contributed by atoms with van der Waals surface area (Å²) in [5.74, 6) is 0.187. The molecule has 1 aromatic rings. The zero-order chi connectivity index (χ0) is 22.1. The second-order valence-electron chi connectivity index (χ2n) is 8.33. The topological polar surface area (TPSA) is 80.8 Å². The van der Waals surface area contributed by atoms with Crippen LogP contribution in [0.2, 0.25) is 0 Å². The molecular formula is C23H34FN3O4. The van der Waals surface area contributed by atoms with Crippen molar-refractivity contribution >= 4 is 17.6 Å². The van der Waals surface area contributed by atoms with Crippen LogP contribution in [0.4, 0.5) is 10.1 Å². The minimum Gasteiger partial charge on any atom is -0.476 e. The zero-order valence-electron chi connectivity index (χ0n) is 18.4. The van der Waals surface area contributed by atoms with Gasteiger partial charge in [-0.1, -0.05) is 6.92 Å². The lowest BCUT2D eigenvalue weighted by molar-refractivity contribution is -0.149. The summed E-state index contributed by atoms with van der Waals surface area (Å²) in [6.45, 7) is 4.42. The van der Waals surface area contributed by atoms with Gasteiger partial charge in [0.25, 0.3) is 5.91 Å². The number of nitrogens with one attached hydrogen (secondary N) is 1. The van der Waals surface area contributed by atoms with Crippen molar-refractivity contribution in [2.75, 3.05) is 44.4 Å². The van der Waals surface area contributed by atoms with Crippen molar-refractivity contribution in [1.29, 1.82) is 0 Å². The van der Waals surface area contributed by atoms with Gasteiger partial charge in [0.15, 0.2) is 0 Å². The van der Waals surface area contributed by atoms with Crippen molar-refractivity contribution in [2.24, 2.45) is 11.8 Å². The predicted octanol–water partition coefficient (Wildman–Crippen LogP) is 3.52. The molecule has 1 amide bonds. The maximum atomic E-state index is 12.6. The van der Waals surface area contributed by atoms with E-state index in [1.807, 2.05) is 13.0 Å². The number of esters is 1. The number of ether oxygens (including phenoxy) is 2. The van der Waals surface area contributed by atoms with E-state index in [4.69, 9.17) is 9.47 Å². The van der Waals surface area contributed by atoms with Gasteiger partial charge in [-0.25, -0.2) is 4.98 Å².